The van der Waals surface area contributed by atoms with Crippen molar-refractivity contribution in [1.82, 2.24) is 5.32 Å². The summed E-state index contributed by atoms with van der Waals surface area (Å²) in [5.41, 5.74) is 2.60. The summed E-state index contributed by atoms with van der Waals surface area (Å²) in [4.78, 5) is 23.0. The van der Waals surface area contributed by atoms with Gasteiger partial charge in [-0.25, -0.2) is 0 Å². The molecule has 0 aromatic heterocycles. The second kappa shape index (κ2) is 14.0. The largest absolute Gasteiger partial charge is 0.490 e. The zero-order valence-corrected chi connectivity index (χ0v) is 22.4. The SMILES string of the molecule is CCOc1cc(/C=C(/C#N)C(=O)NCCCc2ccccc2)cc(I)c1OCc1ccc([N+](=O)[O-])cc1. The summed E-state index contributed by atoms with van der Waals surface area (Å²) in [5, 5.41) is 23.2. The lowest BCUT2D eigenvalue weighted by Gasteiger charge is -2.15. The molecule has 0 aliphatic carbocycles. The molecule has 0 bridgehead atoms. The molecule has 3 aromatic rings. The number of aryl methyl sites for hydroxylation is 1. The van der Waals surface area contributed by atoms with Gasteiger partial charge >= 0.3 is 0 Å². The molecule has 0 spiro atoms. The Balaban J connectivity index is 1.68. The number of amides is 1. The van der Waals surface area contributed by atoms with E-state index in [1.807, 2.05) is 43.3 Å². The molecular formula is C28H26IN3O5. The van der Waals surface area contributed by atoms with Gasteiger partial charge in [0.05, 0.1) is 15.1 Å². The Morgan fingerprint density at radius 1 is 1.11 bits per heavy atom. The van der Waals surface area contributed by atoms with Gasteiger partial charge in [-0.3, -0.25) is 14.9 Å². The Morgan fingerprint density at radius 2 is 1.84 bits per heavy atom. The molecule has 9 heteroatoms. The van der Waals surface area contributed by atoms with E-state index in [4.69, 9.17) is 9.47 Å². The number of halogens is 1. The third-order valence-electron chi connectivity index (χ3n) is 5.31. The standard InChI is InChI=1S/C28H26IN3O5/c1-2-36-26-17-22(15-23(18-30)28(33)31-14-6-9-20-7-4-3-5-8-20)16-25(29)27(26)37-19-21-10-12-24(13-11-21)32(34)35/h3-5,7-8,10-13,15-17H,2,6,9,14,19H2,1H3,(H,31,33)/b23-15-. The smallest absolute Gasteiger partial charge is 0.269 e. The van der Waals surface area contributed by atoms with E-state index in [1.165, 1.54) is 23.8 Å². The number of carbonyl (C=O) groups excluding carboxylic acids is 1. The van der Waals surface area contributed by atoms with Crippen LogP contribution in [-0.4, -0.2) is 24.0 Å². The van der Waals surface area contributed by atoms with Crippen molar-refractivity contribution in [2.24, 2.45) is 0 Å². The van der Waals surface area contributed by atoms with Gasteiger partial charge in [-0.05, 0) is 89.4 Å². The van der Waals surface area contributed by atoms with Crippen LogP contribution in [-0.2, 0) is 17.8 Å². The van der Waals surface area contributed by atoms with Gasteiger partial charge in [0.25, 0.3) is 11.6 Å². The van der Waals surface area contributed by atoms with Crippen molar-refractivity contribution in [1.29, 1.82) is 5.26 Å². The molecule has 3 aromatic carbocycles. The van der Waals surface area contributed by atoms with Crippen LogP contribution in [0.1, 0.15) is 30.0 Å². The van der Waals surface area contributed by atoms with Crippen molar-refractivity contribution >= 4 is 40.3 Å². The van der Waals surface area contributed by atoms with Crippen molar-refractivity contribution < 1.29 is 19.2 Å². The van der Waals surface area contributed by atoms with Crippen LogP contribution in [0.2, 0.25) is 0 Å². The van der Waals surface area contributed by atoms with E-state index in [1.54, 1.807) is 24.3 Å². The second-order valence-electron chi connectivity index (χ2n) is 7.99. The number of nitro benzene ring substituents is 1. The molecule has 0 heterocycles. The Morgan fingerprint density at radius 3 is 2.49 bits per heavy atom. The zero-order chi connectivity index (χ0) is 26.6. The molecular weight excluding hydrogens is 585 g/mol. The fourth-order valence-corrected chi connectivity index (χ4v) is 4.27. The van der Waals surface area contributed by atoms with Crippen molar-refractivity contribution in [3.8, 4) is 17.6 Å². The first-order valence-corrected chi connectivity index (χ1v) is 12.8. The first-order valence-electron chi connectivity index (χ1n) is 11.7. The van der Waals surface area contributed by atoms with Crippen molar-refractivity contribution in [2.75, 3.05) is 13.2 Å². The van der Waals surface area contributed by atoms with Gasteiger partial charge < -0.3 is 14.8 Å². The van der Waals surface area contributed by atoms with E-state index < -0.39 is 10.8 Å². The van der Waals surface area contributed by atoms with E-state index in [0.717, 1.165) is 22.0 Å². The van der Waals surface area contributed by atoms with Gasteiger partial charge in [0, 0.05) is 18.7 Å². The van der Waals surface area contributed by atoms with E-state index in [-0.39, 0.29) is 17.9 Å². The molecule has 0 fully saturated rings. The average molecular weight is 611 g/mol. The molecule has 1 amide bonds. The number of hydrogen-bond donors (Lipinski definition) is 1. The highest BCUT2D eigenvalue weighted by Crippen LogP contribution is 2.35. The summed E-state index contributed by atoms with van der Waals surface area (Å²) in [6, 6.07) is 21.6. The third kappa shape index (κ3) is 8.32. The van der Waals surface area contributed by atoms with Gasteiger partial charge in [-0.2, -0.15) is 5.26 Å². The van der Waals surface area contributed by atoms with E-state index in [0.29, 0.717) is 30.2 Å². The molecule has 0 saturated heterocycles. The maximum Gasteiger partial charge on any atom is 0.269 e. The number of ether oxygens (including phenoxy) is 2. The molecule has 0 unspecified atom stereocenters. The maximum absolute atomic E-state index is 12.6. The van der Waals surface area contributed by atoms with Crippen LogP contribution in [0.4, 0.5) is 5.69 Å². The van der Waals surface area contributed by atoms with E-state index in [2.05, 4.69) is 27.9 Å². The lowest BCUT2D eigenvalue weighted by molar-refractivity contribution is -0.384. The van der Waals surface area contributed by atoms with Gasteiger partial charge in [-0.15, -0.1) is 0 Å². The van der Waals surface area contributed by atoms with Crippen LogP contribution in [0.15, 0.2) is 72.3 Å². The monoisotopic (exact) mass is 611 g/mol. The van der Waals surface area contributed by atoms with E-state index >= 15 is 0 Å². The molecule has 0 saturated carbocycles. The lowest BCUT2D eigenvalue weighted by Crippen LogP contribution is -2.25. The number of rotatable bonds is 12. The number of nitrogens with zero attached hydrogens (tertiary/aromatic N) is 2. The minimum absolute atomic E-state index is 0.00231. The summed E-state index contributed by atoms with van der Waals surface area (Å²) in [6.07, 6.45) is 3.13. The molecule has 0 radical (unpaired) electrons. The second-order valence-corrected chi connectivity index (χ2v) is 9.15. The molecule has 1 N–H and O–H groups in total. The van der Waals surface area contributed by atoms with Crippen molar-refractivity contribution in [2.45, 2.75) is 26.4 Å². The maximum atomic E-state index is 12.6. The zero-order valence-electron chi connectivity index (χ0n) is 20.3. The summed E-state index contributed by atoms with van der Waals surface area (Å²) < 4.78 is 12.5. The topological polar surface area (TPSA) is 114 Å². The first-order chi connectivity index (χ1) is 17.9. The van der Waals surface area contributed by atoms with Crippen LogP contribution >= 0.6 is 22.6 Å². The van der Waals surface area contributed by atoms with Crippen molar-refractivity contribution in [3.63, 3.8) is 0 Å². The van der Waals surface area contributed by atoms with Crippen LogP contribution in [0.3, 0.4) is 0 Å². The van der Waals surface area contributed by atoms with Gasteiger partial charge in [0.2, 0.25) is 0 Å². The lowest BCUT2D eigenvalue weighted by atomic mass is 10.1. The van der Waals surface area contributed by atoms with Gasteiger partial charge in [0.1, 0.15) is 18.2 Å². The quantitative estimate of drug-likeness (QED) is 0.0688. The number of benzene rings is 3. The van der Waals surface area contributed by atoms with E-state index in [9.17, 15) is 20.2 Å². The van der Waals surface area contributed by atoms with Crippen LogP contribution in [0.5, 0.6) is 11.5 Å². The summed E-state index contributed by atoms with van der Waals surface area (Å²) >= 11 is 2.11. The molecule has 0 aliphatic heterocycles. The Hall–Kier alpha value is -3.91. The molecule has 37 heavy (non-hydrogen) atoms. The fourth-order valence-electron chi connectivity index (χ4n) is 3.49. The van der Waals surface area contributed by atoms with Crippen LogP contribution < -0.4 is 14.8 Å². The molecule has 3 rings (SSSR count). The predicted octanol–water partition coefficient (Wildman–Crippen LogP) is 5.83. The Kier molecular flexibility index (Phi) is 10.5. The number of hydrogen-bond acceptors (Lipinski definition) is 6. The molecule has 8 nitrogen and oxygen atoms in total. The Bertz CT molecular complexity index is 1300. The van der Waals surface area contributed by atoms with Crippen molar-refractivity contribution in [3.05, 3.63) is 103 Å². The highest BCUT2D eigenvalue weighted by Gasteiger charge is 2.15. The highest BCUT2D eigenvalue weighted by molar-refractivity contribution is 14.1. The number of nitrogens with one attached hydrogen (secondary N) is 1. The number of nitro groups is 1. The molecule has 190 valence electrons. The predicted molar refractivity (Wildman–Crippen MR) is 149 cm³/mol. The average Bonchev–Trinajstić information content (AvgIpc) is 2.90. The first kappa shape index (κ1) is 27.7. The number of nitriles is 1. The highest BCUT2D eigenvalue weighted by atomic mass is 127. The minimum atomic E-state index is -0.451. The minimum Gasteiger partial charge on any atom is -0.490 e. The number of carbonyl (C=O) groups is 1. The summed E-state index contributed by atoms with van der Waals surface area (Å²) in [6.45, 7) is 2.89. The fraction of sp³-hybridized carbons (Fsp3) is 0.214. The molecule has 0 atom stereocenters. The van der Waals surface area contributed by atoms with Gasteiger partial charge in [-0.1, -0.05) is 30.3 Å². The van der Waals surface area contributed by atoms with Gasteiger partial charge in [0.15, 0.2) is 11.5 Å². The third-order valence-corrected chi connectivity index (χ3v) is 6.11. The molecule has 0 aliphatic rings. The van der Waals surface area contributed by atoms with Crippen LogP contribution in [0.25, 0.3) is 6.08 Å². The summed E-state index contributed by atoms with van der Waals surface area (Å²) in [7, 11) is 0. The Labute approximate surface area is 229 Å². The van der Waals surface area contributed by atoms with Crippen LogP contribution in [0, 0.1) is 25.0 Å². The summed E-state index contributed by atoms with van der Waals surface area (Å²) in [5.74, 6) is 0.562. The number of non-ortho nitro benzene ring substituents is 1. The normalized spacial score (nSPS) is 10.9.